The van der Waals surface area contributed by atoms with Crippen LogP contribution in [0.4, 0.5) is 0 Å². The average molecular weight is 378 g/mol. The maximum absolute atomic E-state index is 11.4. The molecule has 2 heterocycles. The van der Waals surface area contributed by atoms with E-state index < -0.39 is 11.5 Å². The van der Waals surface area contributed by atoms with Crippen molar-refractivity contribution in [3.8, 4) is 0 Å². The van der Waals surface area contributed by atoms with Crippen LogP contribution >= 0.6 is 31.9 Å². The number of carbonyl (C=O) groups is 1. The SMILES string of the molecule is CC1(C(=O)O)CCCN1Cc1ncc(Br)cc1Br. The van der Waals surface area contributed by atoms with Crippen molar-refractivity contribution in [3.05, 3.63) is 26.9 Å². The Bertz CT molecular complexity index is 481. The molecule has 1 saturated heterocycles. The van der Waals surface area contributed by atoms with Crippen LogP contribution in [0.25, 0.3) is 0 Å². The monoisotopic (exact) mass is 376 g/mol. The molecule has 1 aromatic rings. The van der Waals surface area contributed by atoms with Gasteiger partial charge in [0.05, 0.1) is 5.69 Å². The van der Waals surface area contributed by atoms with Gasteiger partial charge in [0.1, 0.15) is 5.54 Å². The second-order valence-corrected chi connectivity index (χ2v) is 6.46. The number of hydrogen-bond donors (Lipinski definition) is 1. The van der Waals surface area contributed by atoms with Gasteiger partial charge >= 0.3 is 5.97 Å². The van der Waals surface area contributed by atoms with Gasteiger partial charge in [-0.2, -0.15) is 0 Å². The summed E-state index contributed by atoms with van der Waals surface area (Å²) in [4.78, 5) is 17.7. The van der Waals surface area contributed by atoms with E-state index in [0.717, 1.165) is 27.6 Å². The molecule has 0 bridgehead atoms. The standard InChI is InChI=1S/C12H14Br2N2O2/c1-12(11(17)18)3-2-4-16(12)7-10-9(14)5-8(13)6-15-10/h5-6H,2-4,7H2,1H3,(H,17,18). The van der Waals surface area contributed by atoms with E-state index in [1.54, 1.807) is 13.1 Å². The van der Waals surface area contributed by atoms with Gasteiger partial charge in [0, 0.05) is 21.7 Å². The molecule has 0 radical (unpaired) electrons. The lowest BCUT2D eigenvalue weighted by molar-refractivity contribution is -0.148. The van der Waals surface area contributed by atoms with Gasteiger partial charge < -0.3 is 5.11 Å². The number of carboxylic acid groups (broad SMARTS) is 1. The summed E-state index contributed by atoms with van der Waals surface area (Å²) in [5, 5.41) is 9.35. The summed E-state index contributed by atoms with van der Waals surface area (Å²) in [7, 11) is 0. The highest BCUT2D eigenvalue weighted by Crippen LogP contribution is 2.32. The molecule has 1 fully saturated rings. The van der Waals surface area contributed by atoms with Crippen LogP contribution in [0.3, 0.4) is 0 Å². The molecular weight excluding hydrogens is 364 g/mol. The van der Waals surface area contributed by atoms with Gasteiger partial charge in [0.2, 0.25) is 0 Å². The number of hydrogen-bond acceptors (Lipinski definition) is 3. The minimum absolute atomic E-state index is 0.552. The number of nitrogens with zero attached hydrogens (tertiary/aromatic N) is 2. The molecule has 98 valence electrons. The summed E-state index contributed by atoms with van der Waals surface area (Å²) in [6.45, 7) is 3.14. The molecule has 1 aliphatic heterocycles. The summed E-state index contributed by atoms with van der Waals surface area (Å²) >= 11 is 6.82. The fourth-order valence-electron chi connectivity index (χ4n) is 2.25. The molecule has 6 heteroatoms. The summed E-state index contributed by atoms with van der Waals surface area (Å²) in [5.74, 6) is -0.756. The minimum Gasteiger partial charge on any atom is -0.480 e. The zero-order valence-corrected chi connectivity index (χ0v) is 13.2. The van der Waals surface area contributed by atoms with E-state index in [1.165, 1.54) is 0 Å². The van der Waals surface area contributed by atoms with Crippen molar-refractivity contribution >= 4 is 37.8 Å². The summed E-state index contributed by atoms with van der Waals surface area (Å²) in [6, 6.07) is 1.93. The van der Waals surface area contributed by atoms with E-state index in [-0.39, 0.29) is 0 Å². The molecule has 2 rings (SSSR count). The van der Waals surface area contributed by atoms with E-state index in [4.69, 9.17) is 0 Å². The van der Waals surface area contributed by atoms with E-state index in [2.05, 4.69) is 36.8 Å². The summed E-state index contributed by atoms with van der Waals surface area (Å²) < 4.78 is 1.80. The Balaban J connectivity index is 2.21. The van der Waals surface area contributed by atoms with Gasteiger partial charge in [0.25, 0.3) is 0 Å². The Morgan fingerprint density at radius 2 is 2.33 bits per heavy atom. The van der Waals surface area contributed by atoms with Crippen LogP contribution in [0.1, 0.15) is 25.5 Å². The molecule has 1 aliphatic rings. The number of aromatic nitrogens is 1. The number of likely N-dealkylation sites (tertiary alicyclic amines) is 1. The molecule has 18 heavy (non-hydrogen) atoms. The third-order valence-corrected chi connectivity index (χ3v) is 4.60. The predicted molar refractivity (Wildman–Crippen MR) is 75.3 cm³/mol. The molecule has 0 aromatic carbocycles. The van der Waals surface area contributed by atoms with E-state index >= 15 is 0 Å². The zero-order valence-electron chi connectivity index (χ0n) is 9.99. The molecule has 0 aliphatic carbocycles. The van der Waals surface area contributed by atoms with Crippen LogP contribution in [-0.2, 0) is 11.3 Å². The Morgan fingerprint density at radius 3 is 2.94 bits per heavy atom. The van der Waals surface area contributed by atoms with Crippen molar-refractivity contribution in [2.75, 3.05) is 6.54 Å². The van der Waals surface area contributed by atoms with Gasteiger partial charge in [-0.15, -0.1) is 0 Å². The van der Waals surface area contributed by atoms with Crippen LogP contribution in [0.2, 0.25) is 0 Å². The summed E-state index contributed by atoms with van der Waals surface area (Å²) in [6.07, 6.45) is 3.34. The lowest BCUT2D eigenvalue weighted by Gasteiger charge is -2.30. The second-order valence-electron chi connectivity index (χ2n) is 4.69. The van der Waals surface area contributed by atoms with Crippen molar-refractivity contribution in [1.29, 1.82) is 0 Å². The fourth-order valence-corrected chi connectivity index (χ4v) is 3.37. The maximum Gasteiger partial charge on any atom is 0.323 e. The van der Waals surface area contributed by atoms with Crippen LogP contribution in [0.15, 0.2) is 21.2 Å². The summed E-state index contributed by atoms with van der Waals surface area (Å²) in [5.41, 5.74) is 0.0985. The third-order valence-electron chi connectivity index (χ3n) is 3.47. The quantitative estimate of drug-likeness (QED) is 0.879. The Labute approximate surface area is 123 Å². The largest absolute Gasteiger partial charge is 0.480 e. The second kappa shape index (κ2) is 5.27. The first-order valence-electron chi connectivity index (χ1n) is 5.72. The first-order valence-corrected chi connectivity index (χ1v) is 7.30. The molecule has 1 unspecified atom stereocenters. The predicted octanol–water partition coefficient (Wildman–Crippen LogP) is 3.05. The van der Waals surface area contributed by atoms with Crippen molar-refractivity contribution in [1.82, 2.24) is 9.88 Å². The molecule has 1 atom stereocenters. The van der Waals surface area contributed by atoms with Crippen LogP contribution in [-0.4, -0.2) is 33.0 Å². The number of pyridine rings is 1. The van der Waals surface area contributed by atoms with Crippen LogP contribution in [0.5, 0.6) is 0 Å². The molecule has 4 nitrogen and oxygen atoms in total. The molecule has 1 aromatic heterocycles. The number of rotatable bonds is 3. The van der Waals surface area contributed by atoms with Crippen molar-refractivity contribution < 1.29 is 9.90 Å². The van der Waals surface area contributed by atoms with Gasteiger partial charge in [-0.25, -0.2) is 0 Å². The fraction of sp³-hybridized carbons (Fsp3) is 0.500. The first-order chi connectivity index (χ1) is 8.43. The average Bonchev–Trinajstić information content (AvgIpc) is 2.66. The van der Waals surface area contributed by atoms with Crippen molar-refractivity contribution in [2.24, 2.45) is 0 Å². The lowest BCUT2D eigenvalue weighted by atomic mass is 9.99. The van der Waals surface area contributed by atoms with Crippen molar-refractivity contribution in [2.45, 2.75) is 31.8 Å². The molecular formula is C12H14Br2N2O2. The Hall–Kier alpha value is -0.460. The molecule has 0 amide bonds. The smallest absolute Gasteiger partial charge is 0.323 e. The van der Waals surface area contributed by atoms with E-state index in [0.29, 0.717) is 13.0 Å². The molecule has 1 N–H and O–H groups in total. The highest BCUT2D eigenvalue weighted by atomic mass is 79.9. The Morgan fingerprint density at radius 1 is 1.61 bits per heavy atom. The highest BCUT2D eigenvalue weighted by molar-refractivity contribution is 9.11. The van der Waals surface area contributed by atoms with Crippen molar-refractivity contribution in [3.63, 3.8) is 0 Å². The minimum atomic E-state index is -0.770. The number of carboxylic acids is 1. The van der Waals surface area contributed by atoms with Crippen LogP contribution in [0, 0.1) is 0 Å². The van der Waals surface area contributed by atoms with Gasteiger partial charge in [0.15, 0.2) is 0 Å². The van der Waals surface area contributed by atoms with E-state index in [9.17, 15) is 9.90 Å². The Kier molecular flexibility index (Phi) is 4.08. The third kappa shape index (κ3) is 2.60. The highest BCUT2D eigenvalue weighted by Gasteiger charge is 2.43. The molecule has 0 spiro atoms. The molecule has 0 saturated carbocycles. The number of aliphatic carboxylic acids is 1. The maximum atomic E-state index is 11.4. The van der Waals surface area contributed by atoms with Gasteiger partial charge in [-0.3, -0.25) is 14.7 Å². The van der Waals surface area contributed by atoms with Gasteiger partial charge in [-0.1, -0.05) is 0 Å². The van der Waals surface area contributed by atoms with Crippen LogP contribution < -0.4 is 0 Å². The van der Waals surface area contributed by atoms with Gasteiger partial charge in [-0.05, 0) is 64.2 Å². The van der Waals surface area contributed by atoms with E-state index in [1.807, 2.05) is 11.0 Å². The normalized spacial score (nSPS) is 24.4. The zero-order chi connectivity index (χ0) is 13.3. The number of halogens is 2. The topological polar surface area (TPSA) is 53.4 Å². The lowest BCUT2D eigenvalue weighted by Crippen LogP contribution is -2.47. The first kappa shape index (κ1) is 14.0.